The number of aliphatic hydroxyl groups is 1. The number of halogens is 2. The lowest BCUT2D eigenvalue weighted by molar-refractivity contribution is -0.132. The van der Waals surface area contributed by atoms with Crippen LogP contribution in [-0.2, 0) is 9.59 Å². The van der Waals surface area contributed by atoms with Crippen LogP contribution in [0.25, 0.3) is 5.76 Å². The minimum atomic E-state index is -0.936. The number of Topliss-reactive ketones (excluding diaryl/α,β-unsaturated/α-hetero) is 1. The minimum absolute atomic E-state index is 0.104. The van der Waals surface area contributed by atoms with Gasteiger partial charge in [-0.25, -0.2) is 0 Å². The number of aromatic hydroxyl groups is 1. The van der Waals surface area contributed by atoms with Crippen LogP contribution in [0.3, 0.4) is 0 Å². The quantitative estimate of drug-likeness (QED) is 0.328. The van der Waals surface area contributed by atoms with Gasteiger partial charge in [-0.05, 0) is 35.9 Å². The summed E-state index contributed by atoms with van der Waals surface area (Å²) >= 11 is 12.0. The van der Waals surface area contributed by atoms with E-state index in [9.17, 15) is 19.8 Å². The second-order valence-electron chi connectivity index (χ2n) is 6.70. The van der Waals surface area contributed by atoms with Crippen molar-refractivity contribution in [3.05, 3.63) is 99.5 Å². The van der Waals surface area contributed by atoms with Crippen LogP contribution in [0.5, 0.6) is 5.75 Å². The number of para-hydroxylation sites is 2. The molecule has 1 atom stereocenters. The van der Waals surface area contributed by atoms with Gasteiger partial charge in [0.25, 0.3) is 11.7 Å². The van der Waals surface area contributed by atoms with Gasteiger partial charge in [-0.15, -0.1) is 0 Å². The van der Waals surface area contributed by atoms with E-state index in [-0.39, 0.29) is 33.4 Å². The highest BCUT2D eigenvalue weighted by atomic mass is 35.5. The Hall–Kier alpha value is -3.28. The lowest BCUT2D eigenvalue weighted by atomic mass is 9.95. The molecule has 0 spiro atoms. The molecule has 1 amide bonds. The Morgan fingerprint density at radius 3 is 2.20 bits per heavy atom. The van der Waals surface area contributed by atoms with Crippen molar-refractivity contribution in [2.24, 2.45) is 0 Å². The van der Waals surface area contributed by atoms with Crippen molar-refractivity contribution in [2.75, 3.05) is 4.90 Å². The molecule has 1 aliphatic rings. The highest BCUT2D eigenvalue weighted by Gasteiger charge is 2.47. The molecule has 3 aromatic carbocycles. The Bertz CT molecular complexity index is 1190. The zero-order valence-electron chi connectivity index (χ0n) is 15.4. The number of amides is 1. The lowest BCUT2D eigenvalue weighted by Gasteiger charge is -2.26. The summed E-state index contributed by atoms with van der Waals surface area (Å²) in [5.41, 5.74) is 0.914. The topological polar surface area (TPSA) is 77.8 Å². The van der Waals surface area contributed by atoms with Gasteiger partial charge >= 0.3 is 0 Å². The predicted octanol–water partition coefficient (Wildman–Crippen LogP) is 5.33. The molecule has 5 nitrogen and oxygen atoms in total. The Morgan fingerprint density at radius 2 is 1.53 bits per heavy atom. The molecule has 3 aromatic rings. The fourth-order valence-corrected chi connectivity index (χ4v) is 3.80. The molecule has 0 aromatic heterocycles. The third-order valence-electron chi connectivity index (χ3n) is 4.89. The van der Waals surface area contributed by atoms with Crippen molar-refractivity contribution in [1.29, 1.82) is 0 Å². The van der Waals surface area contributed by atoms with E-state index < -0.39 is 17.7 Å². The van der Waals surface area contributed by atoms with Gasteiger partial charge in [-0.1, -0.05) is 65.7 Å². The zero-order valence-corrected chi connectivity index (χ0v) is 16.9. The van der Waals surface area contributed by atoms with E-state index in [0.717, 1.165) is 0 Å². The summed E-state index contributed by atoms with van der Waals surface area (Å²) < 4.78 is 0. The van der Waals surface area contributed by atoms with Crippen molar-refractivity contribution >= 4 is 46.3 Å². The summed E-state index contributed by atoms with van der Waals surface area (Å²) in [5, 5.41) is 21.8. The van der Waals surface area contributed by atoms with Gasteiger partial charge in [0.2, 0.25) is 0 Å². The number of aliphatic hydroxyl groups excluding tert-OH is 1. The van der Waals surface area contributed by atoms with Gasteiger partial charge in [-0.2, -0.15) is 0 Å². The molecule has 0 radical (unpaired) electrons. The van der Waals surface area contributed by atoms with E-state index in [2.05, 4.69) is 0 Å². The molecule has 1 fully saturated rings. The van der Waals surface area contributed by atoms with Crippen LogP contribution >= 0.6 is 23.2 Å². The largest absolute Gasteiger partial charge is 0.507 e. The second-order valence-corrected chi connectivity index (χ2v) is 7.51. The summed E-state index contributed by atoms with van der Waals surface area (Å²) in [6.07, 6.45) is 0. The fraction of sp³-hybridized carbons (Fsp3) is 0.0435. The molecule has 7 heteroatoms. The summed E-state index contributed by atoms with van der Waals surface area (Å²) in [4.78, 5) is 27.2. The smallest absolute Gasteiger partial charge is 0.300 e. The van der Waals surface area contributed by atoms with Gasteiger partial charge in [0.05, 0.1) is 27.3 Å². The first-order valence-electron chi connectivity index (χ1n) is 8.99. The van der Waals surface area contributed by atoms with Gasteiger partial charge < -0.3 is 10.2 Å². The summed E-state index contributed by atoms with van der Waals surface area (Å²) in [6, 6.07) is 18.5. The zero-order chi connectivity index (χ0) is 21.4. The monoisotopic (exact) mass is 439 g/mol. The second kappa shape index (κ2) is 7.86. The van der Waals surface area contributed by atoms with Crippen LogP contribution in [0.4, 0.5) is 5.69 Å². The van der Waals surface area contributed by atoms with Gasteiger partial charge in [0.1, 0.15) is 11.5 Å². The van der Waals surface area contributed by atoms with Crippen LogP contribution in [0.15, 0.2) is 78.4 Å². The number of benzene rings is 3. The SMILES string of the molecule is O=C1C(=O)N(c2ccccc2O)C(c2ccccc2)/C1=C(/O)c1ccc(Cl)c(Cl)c1. The molecule has 1 aliphatic heterocycles. The predicted molar refractivity (Wildman–Crippen MR) is 116 cm³/mol. The third kappa shape index (κ3) is 3.32. The fourth-order valence-electron chi connectivity index (χ4n) is 3.50. The standard InChI is InChI=1S/C23H15Cl2NO4/c24-15-11-10-14(12-16(15)25)21(28)19-20(13-6-2-1-3-7-13)26(23(30)22(19)29)17-8-4-5-9-18(17)27/h1-12,20,27-28H/b21-19-. The molecule has 1 heterocycles. The number of nitrogens with zero attached hydrogens (tertiary/aromatic N) is 1. The van der Waals surface area contributed by atoms with E-state index in [1.54, 1.807) is 42.5 Å². The third-order valence-corrected chi connectivity index (χ3v) is 5.63. The molecule has 0 saturated carbocycles. The molecule has 30 heavy (non-hydrogen) atoms. The van der Waals surface area contributed by atoms with Gasteiger partial charge in [0.15, 0.2) is 0 Å². The average Bonchev–Trinajstić information content (AvgIpc) is 3.01. The number of rotatable bonds is 3. The summed E-state index contributed by atoms with van der Waals surface area (Å²) in [6.45, 7) is 0. The van der Waals surface area contributed by atoms with E-state index in [1.165, 1.54) is 35.2 Å². The normalized spacial score (nSPS) is 18.1. The molecule has 0 bridgehead atoms. The van der Waals surface area contributed by atoms with Crippen LogP contribution in [0.1, 0.15) is 17.2 Å². The van der Waals surface area contributed by atoms with Crippen molar-refractivity contribution in [1.82, 2.24) is 0 Å². The van der Waals surface area contributed by atoms with Gasteiger partial charge in [0, 0.05) is 5.56 Å². The maximum Gasteiger partial charge on any atom is 0.300 e. The van der Waals surface area contributed by atoms with Crippen LogP contribution in [0.2, 0.25) is 10.0 Å². The highest BCUT2D eigenvalue weighted by Crippen LogP contribution is 2.44. The maximum atomic E-state index is 13.0. The van der Waals surface area contributed by atoms with Crippen molar-refractivity contribution in [3.8, 4) is 5.75 Å². The van der Waals surface area contributed by atoms with E-state index in [4.69, 9.17) is 23.2 Å². The molecule has 1 unspecified atom stereocenters. The Labute approximate surface area is 182 Å². The molecule has 2 N–H and O–H groups in total. The number of carbonyl (C=O) groups excluding carboxylic acids is 2. The average molecular weight is 440 g/mol. The highest BCUT2D eigenvalue weighted by molar-refractivity contribution is 6.52. The summed E-state index contributed by atoms with van der Waals surface area (Å²) in [5.74, 6) is -2.25. The Balaban J connectivity index is 1.97. The van der Waals surface area contributed by atoms with Gasteiger partial charge in [-0.3, -0.25) is 14.5 Å². The molecule has 4 rings (SSSR count). The minimum Gasteiger partial charge on any atom is -0.507 e. The first-order chi connectivity index (χ1) is 14.4. The molecule has 150 valence electrons. The number of hydrogen-bond donors (Lipinski definition) is 2. The first-order valence-corrected chi connectivity index (χ1v) is 9.75. The van der Waals surface area contributed by atoms with Crippen molar-refractivity contribution in [2.45, 2.75) is 6.04 Å². The molecular weight excluding hydrogens is 425 g/mol. The molecular formula is C23H15Cl2NO4. The molecule has 0 aliphatic carbocycles. The number of hydrogen-bond acceptors (Lipinski definition) is 4. The van der Waals surface area contributed by atoms with E-state index in [0.29, 0.717) is 10.6 Å². The Morgan fingerprint density at radius 1 is 0.867 bits per heavy atom. The van der Waals surface area contributed by atoms with Crippen LogP contribution < -0.4 is 4.90 Å². The van der Waals surface area contributed by atoms with E-state index >= 15 is 0 Å². The lowest BCUT2D eigenvalue weighted by Crippen LogP contribution is -2.29. The van der Waals surface area contributed by atoms with Crippen molar-refractivity contribution in [3.63, 3.8) is 0 Å². The molecule has 1 saturated heterocycles. The first kappa shape index (κ1) is 20.0. The number of phenolic OH excluding ortho intramolecular Hbond substituents is 1. The van der Waals surface area contributed by atoms with Crippen LogP contribution in [-0.4, -0.2) is 21.9 Å². The number of phenols is 1. The number of anilines is 1. The maximum absolute atomic E-state index is 13.0. The van der Waals surface area contributed by atoms with Crippen LogP contribution in [0, 0.1) is 0 Å². The Kier molecular flexibility index (Phi) is 5.24. The number of carbonyl (C=O) groups is 2. The van der Waals surface area contributed by atoms with Crippen molar-refractivity contribution < 1.29 is 19.8 Å². The summed E-state index contributed by atoms with van der Waals surface area (Å²) in [7, 11) is 0. The van der Waals surface area contributed by atoms with E-state index in [1.807, 2.05) is 0 Å². The number of ketones is 1.